The number of hydrogen-bond acceptors (Lipinski definition) is 4. The minimum atomic E-state index is -0.908. The van der Waals surface area contributed by atoms with Crippen LogP contribution in [0.4, 0.5) is 5.69 Å². The molecule has 1 aromatic heterocycles. The highest BCUT2D eigenvalue weighted by Crippen LogP contribution is 2.23. The quantitative estimate of drug-likeness (QED) is 0.859. The minimum Gasteiger partial charge on any atom is -0.469 e. The molecule has 24 heavy (non-hydrogen) atoms. The summed E-state index contributed by atoms with van der Waals surface area (Å²) in [4.78, 5) is 24.2. The third-order valence-electron chi connectivity index (χ3n) is 3.75. The van der Waals surface area contributed by atoms with Gasteiger partial charge in [0, 0.05) is 5.69 Å². The van der Waals surface area contributed by atoms with E-state index in [0.717, 1.165) is 0 Å². The predicted octanol–water partition coefficient (Wildman–Crippen LogP) is 4.07. The maximum absolute atomic E-state index is 12.2. The number of esters is 1. The van der Waals surface area contributed by atoms with Gasteiger partial charge in [0.15, 0.2) is 6.10 Å². The second-order valence-electron chi connectivity index (χ2n) is 6.75. The van der Waals surface area contributed by atoms with E-state index in [1.807, 2.05) is 24.3 Å². The molecule has 0 aliphatic carbocycles. The van der Waals surface area contributed by atoms with E-state index < -0.39 is 12.1 Å². The van der Waals surface area contributed by atoms with Gasteiger partial charge in [-0.15, -0.1) is 0 Å². The van der Waals surface area contributed by atoms with Crippen molar-refractivity contribution in [1.29, 1.82) is 0 Å². The van der Waals surface area contributed by atoms with Crippen LogP contribution in [0.5, 0.6) is 0 Å². The van der Waals surface area contributed by atoms with E-state index in [4.69, 9.17) is 9.15 Å². The number of aryl methyl sites for hydroxylation is 1. The normalized spacial score (nSPS) is 12.5. The van der Waals surface area contributed by atoms with Gasteiger partial charge in [-0.05, 0) is 43.0 Å². The van der Waals surface area contributed by atoms with Crippen LogP contribution in [0.2, 0.25) is 0 Å². The van der Waals surface area contributed by atoms with Gasteiger partial charge >= 0.3 is 5.97 Å². The molecule has 0 aliphatic heterocycles. The van der Waals surface area contributed by atoms with Crippen LogP contribution in [0.15, 0.2) is 41.0 Å². The smallest absolute Gasteiger partial charge is 0.342 e. The average Bonchev–Trinajstić information content (AvgIpc) is 2.93. The molecular formula is C19H23NO4. The first kappa shape index (κ1) is 17.8. The number of amides is 1. The Kier molecular flexibility index (Phi) is 5.12. The first-order chi connectivity index (χ1) is 11.2. The standard InChI is InChI=1S/C19H23NO4/c1-12-16(10-11-23-12)18(22)24-13(2)17(21)20-15-8-6-14(7-9-15)19(3,4)5/h6-11,13H,1-5H3,(H,20,21). The van der Waals surface area contributed by atoms with Gasteiger partial charge in [0.2, 0.25) is 0 Å². The summed E-state index contributed by atoms with van der Waals surface area (Å²) in [6.45, 7) is 9.57. The number of anilines is 1. The van der Waals surface area contributed by atoms with Crippen molar-refractivity contribution in [1.82, 2.24) is 0 Å². The molecule has 0 bridgehead atoms. The van der Waals surface area contributed by atoms with Crippen LogP contribution < -0.4 is 5.32 Å². The summed E-state index contributed by atoms with van der Waals surface area (Å²) in [7, 11) is 0. The highest BCUT2D eigenvalue weighted by Gasteiger charge is 2.21. The van der Waals surface area contributed by atoms with Crippen molar-refractivity contribution in [3.8, 4) is 0 Å². The Morgan fingerprint density at radius 3 is 2.25 bits per heavy atom. The van der Waals surface area contributed by atoms with E-state index in [2.05, 4.69) is 26.1 Å². The fourth-order valence-corrected chi connectivity index (χ4v) is 2.17. The van der Waals surface area contributed by atoms with Crippen LogP contribution in [-0.4, -0.2) is 18.0 Å². The van der Waals surface area contributed by atoms with Gasteiger partial charge in [0.25, 0.3) is 5.91 Å². The number of carbonyl (C=O) groups excluding carboxylic acids is 2. The second kappa shape index (κ2) is 6.91. The SMILES string of the molecule is Cc1occc1C(=O)OC(C)C(=O)Nc1ccc(C(C)(C)C)cc1. The van der Waals surface area contributed by atoms with E-state index in [9.17, 15) is 9.59 Å². The largest absolute Gasteiger partial charge is 0.469 e. The summed E-state index contributed by atoms with van der Waals surface area (Å²) < 4.78 is 10.2. The predicted molar refractivity (Wildman–Crippen MR) is 92.1 cm³/mol. The zero-order valence-corrected chi connectivity index (χ0v) is 14.7. The Balaban J connectivity index is 1.96. The lowest BCUT2D eigenvalue weighted by Gasteiger charge is -2.19. The molecule has 1 unspecified atom stereocenters. The fourth-order valence-electron chi connectivity index (χ4n) is 2.17. The first-order valence-corrected chi connectivity index (χ1v) is 7.85. The Bertz CT molecular complexity index is 723. The highest BCUT2D eigenvalue weighted by molar-refractivity contribution is 5.97. The maximum atomic E-state index is 12.2. The van der Waals surface area contributed by atoms with Crippen LogP contribution in [0.25, 0.3) is 0 Å². The van der Waals surface area contributed by atoms with Crippen molar-refractivity contribution in [3.63, 3.8) is 0 Å². The summed E-state index contributed by atoms with van der Waals surface area (Å²) in [5, 5.41) is 2.75. The molecule has 1 aromatic carbocycles. The molecule has 2 aromatic rings. The second-order valence-corrected chi connectivity index (χ2v) is 6.75. The van der Waals surface area contributed by atoms with E-state index in [1.165, 1.54) is 24.8 Å². The van der Waals surface area contributed by atoms with Crippen molar-refractivity contribution >= 4 is 17.6 Å². The van der Waals surface area contributed by atoms with E-state index in [-0.39, 0.29) is 11.3 Å². The molecule has 1 N–H and O–H groups in total. The molecule has 0 spiro atoms. The molecular weight excluding hydrogens is 306 g/mol. The Labute approximate surface area is 142 Å². The van der Waals surface area contributed by atoms with Gasteiger partial charge in [-0.2, -0.15) is 0 Å². The van der Waals surface area contributed by atoms with Crippen LogP contribution in [0.1, 0.15) is 49.4 Å². The first-order valence-electron chi connectivity index (χ1n) is 7.85. The van der Waals surface area contributed by atoms with Crippen LogP contribution >= 0.6 is 0 Å². The summed E-state index contributed by atoms with van der Waals surface area (Å²) in [6, 6.07) is 9.15. The molecule has 0 fully saturated rings. The Morgan fingerprint density at radius 2 is 1.75 bits per heavy atom. The van der Waals surface area contributed by atoms with E-state index in [0.29, 0.717) is 17.0 Å². The van der Waals surface area contributed by atoms with Gasteiger partial charge in [-0.3, -0.25) is 4.79 Å². The molecule has 0 saturated carbocycles. The van der Waals surface area contributed by atoms with Crippen molar-refractivity contribution in [3.05, 3.63) is 53.5 Å². The number of benzene rings is 1. The number of ether oxygens (including phenoxy) is 1. The fraction of sp³-hybridized carbons (Fsp3) is 0.368. The van der Waals surface area contributed by atoms with Crippen LogP contribution in [-0.2, 0) is 14.9 Å². The average molecular weight is 329 g/mol. The van der Waals surface area contributed by atoms with Gasteiger partial charge in [0.1, 0.15) is 11.3 Å². The van der Waals surface area contributed by atoms with E-state index >= 15 is 0 Å². The third-order valence-corrected chi connectivity index (χ3v) is 3.75. The summed E-state index contributed by atoms with van der Waals surface area (Å²) in [5.74, 6) is -0.495. The molecule has 0 aliphatic rings. The molecule has 2 rings (SSSR count). The molecule has 5 heteroatoms. The number of rotatable bonds is 4. The lowest BCUT2D eigenvalue weighted by molar-refractivity contribution is -0.123. The highest BCUT2D eigenvalue weighted by atomic mass is 16.5. The van der Waals surface area contributed by atoms with Crippen molar-refractivity contribution < 1.29 is 18.7 Å². The number of hydrogen-bond donors (Lipinski definition) is 1. The number of carbonyl (C=O) groups is 2. The van der Waals surface area contributed by atoms with E-state index in [1.54, 1.807) is 6.92 Å². The summed E-state index contributed by atoms with van der Waals surface area (Å²) in [5.41, 5.74) is 2.21. The van der Waals surface area contributed by atoms with Crippen molar-refractivity contribution in [2.75, 3.05) is 5.32 Å². The lowest BCUT2D eigenvalue weighted by atomic mass is 9.87. The maximum Gasteiger partial charge on any atom is 0.342 e. The summed E-state index contributed by atoms with van der Waals surface area (Å²) >= 11 is 0. The number of furan rings is 1. The zero-order chi connectivity index (χ0) is 17.9. The molecule has 1 atom stereocenters. The minimum absolute atomic E-state index is 0.0494. The lowest BCUT2D eigenvalue weighted by Crippen LogP contribution is -2.30. The van der Waals surface area contributed by atoms with Crippen LogP contribution in [0.3, 0.4) is 0 Å². The molecule has 5 nitrogen and oxygen atoms in total. The number of nitrogens with one attached hydrogen (secondary N) is 1. The molecule has 1 heterocycles. The van der Waals surface area contributed by atoms with Gasteiger partial charge < -0.3 is 14.5 Å². The summed E-state index contributed by atoms with van der Waals surface area (Å²) in [6.07, 6.45) is 0.502. The molecule has 1 amide bonds. The zero-order valence-electron chi connectivity index (χ0n) is 14.7. The van der Waals surface area contributed by atoms with Gasteiger partial charge in [0.05, 0.1) is 6.26 Å². The van der Waals surface area contributed by atoms with Gasteiger partial charge in [-0.25, -0.2) is 4.79 Å². The monoisotopic (exact) mass is 329 g/mol. The van der Waals surface area contributed by atoms with Gasteiger partial charge in [-0.1, -0.05) is 32.9 Å². The third kappa shape index (κ3) is 4.25. The Morgan fingerprint density at radius 1 is 1.12 bits per heavy atom. The topological polar surface area (TPSA) is 68.5 Å². The Hall–Kier alpha value is -2.56. The molecule has 128 valence electrons. The van der Waals surface area contributed by atoms with Crippen LogP contribution in [0, 0.1) is 6.92 Å². The molecule has 0 radical (unpaired) electrons. The van der Waals surface area contributed by atoms with Crippen molar-refractivity contribution in [2.45, 2.75) is 46.1 Å². The molecule has 0 saturated heterocycles. The van der Waals surface area contributed by atoms with Crippen molar-refractivity contribution in [2.24, 2.45) is 0 Å².